The Hall–Kier alpha value is -2.31. The predicted molar refractivity (Wildman–Crippen MR) is 79.4 cm³/mol. The van der Waals surface area contributed by atoms with Crippen molar-refractivity contribution in [2.24, 2.45) is 0 Å². The number of nitriles is 1. The second-order valence-electron chi connectivity index (χ2n) is 4.68. The molecule has 0 amide bonds. The molecule has 0 aliphatic carbocycles. The third kappa shape index (κ3) is 3.59. The Morgan fingerprint density at radius 1 is 1.10 bits per heavy atom. The number of nitrogens with one attached hydrogen (secondary N) is 1. The molecule has 1 N–H and O–H groups in total. The Morgan fingerprint density at radius 2 is 1.75 bits per heavy atom. The largest absolute Gasteiger partial charge is 0.497 e. The molecule has 2 aromatic carbocycles. The first-order valence-electron chi connectivity index (χ1n) is 6.59. The van der Waals surface area contributed by atoms with Crippen molar-refractivity contribution in [3.8, 4) is 11.8 Å². The van der Waals surface area contributed by atoms with Crippen LogP contribution in [0.1, 0.15) is 29.7 Å². The van der Waals surface area contributed by atoms with Gasteiger partial charge in [-0.15, -0.1) is 0 Å². The summed E-state index contributed by atoms with van der Waals surface area (Å²) >= 11 is 0. The van der Waals surface area contributed by atoms with Crippen LogP contribution >= 0.6 is 0 Å². The van der Waals surface area contributed by atoms with Crippen LogP contribution in [0.5, 0.6) is 5.75 Å². The summed E-state index contributed by atoms with van der Waals surface area (Å²) in [5.41, 5.74) is 3.08. The molecule has 1 atom stereocenters. The average molecular weight is 266 g/mol. The molecule has 0 saturated carbocycles. The fraction of sp³-hybridized carbons (Fsp3) is 0.235. The minimum atomic E-state index is 0.241. The standard InChI is InChI=1S/C17H18N2O/c1-13(16-7-3-14(11-18)4-8-16)19-12-15-5-9-17(20-2)10-6-15/h3-10,13,19H,12H2,1-2H3/t13-/m1/s1. The van der Waals surface area contributed by atoms with Crippen molar-refractivity contribution in [1.29, 1.82) is 5.26 Å². The summed E-state index contributed by atoms with van der Waals surface area (Å²) < 4.78 is 5.14. The van der Waals surface area contributed by atoms with E-state index in [9.17, 15) is 0 Å². The van der Waals surface area contributed by atoms with Crippen molar-refractivity contribution in [1.82, 2.24) is 5.32 Å². The van der Waals surface area contributed by atoms with Gasteiger partial charge in [-0.25, -0.2) is 0 Å². The van der Waals surface area contributed by atoms with Gasteiger partial charge in [0.2, 0.25) is 0 Å². The first-order valence-corrected chi connectivity index (χ1v) is 6.59. The predicted octanol–water partition coefficient (Wildman–Crippen LogP) is 3.42. The van der Waals surface area contributed by atoms with E-state index in [1.54, 1.807) is 7.11 Å². The van der Waals surface area contributed by atoms with Gasteiger partial charge < -0.3 is 10.1 Å². The van der Waals surface area contributed by atoms with E-state index in [1.165, 1.54) is 11.1 Å². The van der Waals surface area contributed by atoms with Crippen LogP contribution in [0, 0.1) is 11.3 Å². The summed E-state index contributed by atoms with van der Waals surface area (Å²) in [4.78, 5) is 0. The van der Waals surface area contributed by atoms with Gasteiger partial charge in [0.15, 0.2) is 0 Å². The van der Waals surface area contributed by atoms with Crippen LogP contribution in [0.4, 0.5) is 0 Å². The van der Waals surface area contributed by atoms with Gasteiger partial charge in [0.1, 0.15) is 5.75 Å². The van der Waals surface area contributed by atoms with Crippen molar-refractivity contribution in [2.45, 2.75) is 19.5 Å². The minimum Gasteiger partial charge on any atom is -0.497 e. The fourth-order valence-electron chi connectivity index (χ4n) is 1.98. The minimum absolute atomic E-state index is 0.241. The fourth-order valence-corrected chi connectivity index (χ4v) is 1.98. The summed E-state index contributed by atoms with van der Waals surface area (Å²) in [6.45, 7) is 2.91. The first kappa shape index (κ1) is 14.1. The SMILES string of the molecule is COc1ccc(CN[C@H](C)c2ccc(C#N)cc2)cc1. The van der Waals surface area contributed by atoms with Crippen molar-refractivity contribution >= 4 is 0 Å². The maximum absolute atomic E-state index is 8.79. The third-order valence-electron chi connectivity index (χ3n) is 3.31. The average Bonchev–Trinajstić information content (AvgIpc) is 2.53. The summed E-state index contributed by atoms with van der Waals surface area (Å²) in [5, 5.41) is 12.3. The van der Waals surface area contributed by atoms with Crippen LogP contribution < -0.4 is 10.1 Å². The van der Waals surface area contributed by atoms with Gasteiger partial charge in [-0.2, -0.15) is 5.26 Å². The zero-order valence-electron chi connectivity index (χ0n) is 11.8. The number of rotatable bonds is 5. The number of ether oxygens (including phenoxy) is 1. The number of nitrogens with zero attached hydrogens (tertiary/aromatic N) is 1. The van der Waals surface area contributed by atoms with Crippen molar-refractivity contribution in [3.63, 3.8) is 0 Å². The zero-order chi connectivity index (χ0) is 14.4. The zero-order valence-corrected chi connectivity index (χ0v) is 11.8. The Morgan fingerprint density at radius 3 is 2.30 bits per heavy atom. The highest BCUT2D eigenvalue weighted by molar-refractivity contribution is 5.33. The van der Waals surface area contributed by atoms with Gasteiger partial charge in [-0.1, -0.05) is 24.3 Å². The van der Waals surface area contributed by atoms with Crippen LogP contribution in [0.2, 0.25) is 0 Å². The molecule has 20 heavy (non-hydrogen) atoms. The lowest BCUT2D eigenvalue weighted by molar-refractivity contribution is 0.414. The molecule has 0 aromatic heterocycles. The molecule has 0 aliphatic rings. The second-order valence-corrected chi connectivity index (χ2v) is 4.68. The highest BCUT2D eigenvalue weighted by Crippen LogP contribution is 2.15. The molecular weight excluding hydrogens is 248 g/mol. The van der Waals surface area contributed by atoms with E-state index in [-0.39, 0.29) is 6.04 Å². The van der Waals surface area contributed by atoms with Crippen molar-refractivity contribution in [2.75, 3.05) is 7.11 Å². The van der Waals surface area contributed by atoms with E-state index in [1.807, 2.05) is 36.4 Å². The normalized spacial score (nSPS) is 11.7. The van der Waals surface area contributed by atoms with E-state index < -0.39 is 0 Å². The number of hydrogen-bond donors (Lipinski definition) is 1. The smallest absolute Gasteiger partial charge is 0.118 e. The highest BCUT2D eigenvalue weighted by atomic mass is 16.5. The molecule has 0 spiro atoms. The lowest BCUT2D eigenvalue weighted by atomic mass is 10.1. The van der Waals surface area contributed by atoms with Gasteiger partial charge in [0.05, 0.1) is 18.7 Å². The lowest BCUT2D eigenvalue weighted by Gasteiger charge is -2.14. The monoisotopic (exact) mass is 266 g/mol. The van der Waals surface area contributed by atoms with Crippen molar-refractivity contribution < 1.29 is 4.74 Å². The Balaban J connectivity index is 1.93. The molecule has 0 saturated heterocycles. The van der Waals surface area contributed by atoms with Crippen LogP contribution in [0.3, 0.4) is 0 Å². The van der Waals surface area contributed by atoms with Gasteiger partial charge in [0.25, 0.3) is 0 Å². The molecule has 3 heteroatoms. The summed E-state index contributed by atoms with van der Waals surface area (Å²) in [6, 6.07) is 18.1. The van der Waals surface area contributed by atoms with Gasteiger partial charge in [-0.05, 0) is 42.3 Å². The maximum atomic E-state index is 8.79. The van der Waals surface area contributed by atoms with Crippen LogP contribution in [-0.4, -0.2) is 7.11 Å². The molecular formula is C17H18N2O. The van der Waals surface area contributed by atoms with Crippen molar-refractivity contribution in [3.05, 3.63) is 65.2 Å². The molecule has 0 aliphatic heterocycles. The molecule has 0 fully saturated rings. The molecule has 0 heterocycles. The molecule has 0 unspecified atom stereocenters. The Labute approximate surface area is 119 Å². The van der Waals surface area contributed by atoms with E-state index >= 15 is 0 Å². The first-order chi connectivity index (χ1) is 9.72. The highest BCUT2D eigenvalue weighted by Gasteiger charge is 2.05. The molecule has 0 bridgehead atoms. The quantitative estimate of drug-likeness (QED) is 0.902. The molecule has 102 valence electrons. The number of benzene rings is 2. The number of hydrogen-bond acceptors (Lipinski definition) is 3. The molecule has 2 aromatic rings. The third-order valence-corrected chi connectivity index (χ3v) is 3.31. The summed E-state index contributed by atoms with van der Waals surface area (Å²) in [5.74, 6) is 0.869. The Kier molecular flexibility index (Phi) is 4.75. The van der Waals surface area contributed by atoms with Gasteiger partial charge in [-0.3, -0.25) is 0 Å². The number of methoxy groups -OCH3 is 1. The van der Waals surface area contributed by atoms with E-state index in [0.29, 0.717) is 5.56 Å². The van der Waals surface area contributed by atoms with Crippen LogP contribution in [0.15, 0.2) is 48.5 Å². The van der Waals surface area contributed by atoms with Crippen LogP contribution in [-0.2, 0) is 6.54 Å². The Bertz CT molecular complexity index is 582. The van der Waals surface area contributed by atoms with Gasteiger partial charge in [0, 0.05) is 12.6 Å². The lowest BCUT2D eigenvalue weighted by Crippen LogP contribution is -2.17. The van der Waals surface area contributed by atoms with E-state index in [0.717, 1.165) is 12.3 Å². The van der Waals surface area contributed by atoms with Gasteiger partial charge >= 0.3 is 0 Å². The molecule has 3 nitrogen and oxygen atoms in total. The van der Waals surface area contributed by atoms with E-state index in [4.69, 9.17) is 10.00 Å². The second kappa shape index (κ2) is 6.74. The summed E-state index contributed by atoms with van der Waals surface area (Å²) in [7, 11) is 1.67. The maximum Gasteiger partial charge on any atom is 0.118 e. The molecule has 0 radical (unpaired) electrons. The van der Waals surface area contributed by atoms with Crippen LogP contribution in [0.25, 0.3) is 0 Å². The van der Waals surface area contributed by atoms with E-state index in [2.05, 4.69) is 30.4 Å². The topological polar surface area (TPSA) is 45.0 Å². The molecule has 2 rings (SSSR count). The summed E-state index contributed by atoms with van der Waals surface area (Å²) in [6.07, 6.45) is 0.